The van der Waals surface area contributed by atoms with E-state index in [0.717, 1.165) is 44.4 Å². The van der Waals surface area contributed by atoms with Gasteiger partial charge in [0.15, 0.2) is 6.10 Å². The standard InChI is InChI=1S/C42H73O11P/c1-4-5-29-38(44)30-25-21-17-13-8-6-7-9-15-19-23-27-32-42(47)53-40(36-52-54(48,49)51-34-39(45)33-43)35-50-41(46)31-26-22-18-14-11-10-12-16-20-24-28-37(2)3/h5-7,13,15,17,19,21,25,29,37-40,43-45H,4,8-12,14,16,18,20,22-24,26-28,30-36H2,1-3H3,(H,48,49)/b7-6-,17-13-,19-15-,25-21+,29-5-/t38?,39-,40+/m0/s1. The lowest BCUT2D eigenvalue weighted by atomic mass is 10.0. The number of hydrogen-bond acceptors (Lipinski definition) is 10. The lowest BCUT2D eigenvalue weighted by Crippen LogP contribution is -2.29. The Morgan fingerprint density at radius 1 is 0.685 bits per heavy atom. The highest BCUT2D eigenvalue weighted by Gasteiger charge is 2.27. The number of esters is 2. The smallest absolute Gasteiger partial charge is 0.462 e. The van der Waals surface area contributed by atoms with Crippen LogP contribution in [0.1, 0.15) is 143 Å². The Hall–Kier alpha value is -2.37. The van der Waals surface area contributed by atoms with Crippen LogP contribution in [-0.2, 0) is 32.7 Å². The number of ether oxygens (including phenoxy) is 2. The Morgan fingerprint density at radius 2 is 1.26 bits per heavy atom. The molecule has 12 heteroatoms. The van der Waals surface area contributed by atoms with Crippen LogP contribution in [-0.4, -0.2) is 76.9 Å². The Labute approximate surface area is 326 Å². The number of carbonyl (C=O) groups excluding carboxylic acids is 2. The van der Waals surface area contributed by atoms with Crippen LogP contribution in [0.3, 0.4) is 0 Å². The zero-order valence-corrected chi connectivity index (χ0v) is 34.3. The Morgan fingerprint density at radius 3 is 1.91 bits per heavy atom. The molecule has 0 saturated heterocycles. The van der Waals surface area contributed by atoms with Gasteiger partial charge in [-0.1, -0.05) is 146 Å². The third-order valence-corrected chi connectivity index (χ3v) is 9.14. The summed E-state index contributed by atoms with van der Waals surface area (Å²) in [6.07, 6.45) is 34.0. The van der Waals surface area contributed by atoms with Gasteiger partial charge in [0.25, 0.3) is 0 Å². The lowest BCUT2D eigenvalue weighted by molar-refractivity contribution is -0.161. The molecule has 0 saturated carbocycles. The van der Waals surface area contributed by atoms with Crippen molar-refractivity contribution in [3.8, 4) is 0 Å². The van der Waals surface area contributed by atoms with Crippen LogP contribution in [0.5, 0.6) is 0 Å². The second-order valence-electron chi connectivity index (χ2n) is 14.0. The van der Waals surface area contributed by atoms with Crippen molar-refractivity contribution >= 4 is 19.8 Å². The van der Waals surface area contributed by atoms with Gasteiger partial charge in [0.1, 0.15) is 12.7 Å². The summed E-state index contributed by atoms with van der Waals surface area (Å²) in [7, 11) is -4.64. The quantitative estimate of drug-likeness (QED) is 0.0157. The van der Waals surface area contributed by atoms with E-state index in [-0.39, 0.29) is 19.4 Å². The highest BCUT2D eigenvalue weighted by atomic mass is 31.2. The van der Waals surface area contributed by atoms with Crippen LogP contribution in [0.25, 0.3) is 0 Å². The lowest BCUT2D eigenvalue weighted by Gasteiger charge is -2.20. The number of phosphoric acid groups is 1. The molecule has 0 aliphatic rings. The fourth-order valence-electron chi connectivity index (χ4n) is 5.06. The van der Waals surface area contributed by atoms with Crippen LogP contribution in [0.15, 0.2) is 60.8 Å². The molecule has 0 bridgehead atoms. The third-order valence-electron chi connectivity index (χ3n) is 8.19. The number of aliphatic hydroxyl groups excluding tert-OH is 3. The molecule has 4 N–H and O–H groups in total. The maximum absolute atomic E-state index is 12.6. The molecule has 0 radical (unpaired) electrons. The SMILES string of the molecule is CC/C=C\C(O)C/C=C/C=C\C/C=C\C/C=C\CCCC(=O)O[C@H](COC(=O)CCCCCCCCCCCCC(C)C)COP(=O)(O)OC[C@@H](O)CO. The molecule has 54 heavy (non-hydrogen) atoms. The molecular formula is C42H73O11P. The molecule has 0 aromatic carbocycles. The van der Waals surface area contributed by atoms with Gasteiger partial charge in [0.05, 0.1) is 25.9 Å². The summed E-state index contributed by atoms with van der Waals surface area (Å²) >= 11 is 0. The van der Waals surface area contributed by atoms with E-state index in [9.17, 15) is 29.3 Å². The largest absolute Gasteiger partial charge is 0.472 e. The predicted molar refractivity (Wildman–Crippen MR) is 216 cm³/mol. The van der Waals surface area contributed by atoms with Gasteiger partial charge in [-0.25, -0.2) is 4.57 Å². The molecule has 0 aliphatic carbocycles. The highest BCUT2D eigenvalue weighted by molar-refractivity contribution is 7.47. The number of hydrogen-bond donors (Lipinski definition) is 4. The van der Waals surface area contributed by atoms with Crippen molar-refractivity contribution in [1.82, 2.24) is 0 Å². The van der Waals surface area contributed by atoms with Gasteiger partial charge in [-0.15, -0.1) is 0 Å². The molecule has 0 rings (SSSR count). The minimum atomic E-state index is -4.64. The maximum atomic E-state index is 12.6. The average Bonchev–Trinajstić information content (AvgIpc) is 3.14. The third kappa shape index (κ3) is 36.6. The van der Waals surface area contributed by atoms with E-state index in [2.05, 4.69) is 30.5 Å². The van der Waals surface area contributed by atoms with E-state index in [1.54, 1.807) is 6.08 Å². The first-order valence-corrected chi connectivity index (χ1v) is 21.7. The van der Waals surface area contributed by atoms with Crippen molar-refractivity contribution in [2.24, 2.45) is 5.92 Å². The maximum Gasteiger partial charge on any atom is 0.472 e. The van der Waals surface area contributed by atoms with Crippen LogP contribution in [0.2, 0.25) is 0 Å². The van der Waals surface area contributed by atoms with Crippen LogP contribution in [0.4, 0.5) is 0 Å². The number of carbonyl (C=O) groups is 2. The van der Waals surface area contributed by atoms with Crippen LogP contribution < -0.4 is 0 Å². The van der Waals surface area contributed by atoms with Crippen molar-refractivity contribution in [1.29, 1.82) is 0 Å². The number of unbranched alkanes of at least 4 members (excludes halogenated alkanes) is 10. The fraction of sp³-hybridized carbons (Fsp3) is 0.714. The zero-order valence-electron chi connectivity index (χ0n) is 33.4. The average molecular weight is 785 g/mol. The molecule has 11 nitrogen and oxygen atoms in total. The highest BCUT2D eigenvalue weighted by Crippen LogP contribution is 2.43. The molecule has 0 amide bonds. The second kappa shape index (κ2) is 36.3. The number of phosphoric ester groups is 1. The predicted octanol–water partition coefficient (Wildman–Crippen LogP) is 9.16. The summed E-state index contributed by atoms with van der Waals surface area (Å²) < 4.78 is 32.5. The molecule has 0 fully saturated rings. The van der Waals surface area contributed by atoms with Crippen molar-refractivity contribution in [2.45, 2.75) is 161 Å². The molecular weight excluding hydrogens is 711 g/mol. The Bertz CT molecular complexity index is 1120. The van der Waals surface area contributed by atoms with Crippen molar-refractivity contribution < 1.29 is 52.9 Å². The van der Waals surface area contributed by atoms with Crippen molar-refractivity contribution in [3.05, 3.63) is 60.8 Å². The molecule has 312 valence electrons. The first-order valence-electron chi connectivity index (χ1n) is 20.2. The summed E-state index contributed by atoms with van der Waals surface area (Å²) in [5, 5.41) is 28.0. The second-order valence-corrected chi connectivity index (χ2v) is 15.4. The van der Waals surface area contributed by atoms with E-state index in [1.165, 1.54) is 44.9 Å². The van der Waals surface area contributed by atoms with Crippen LogP contribution >= 0.6 is 7.82 Å². The molecule has 2 unspecified atom stereocenters. The summed E-state index contributed by atoms with van der Waals surface area (Å²) in [5.41, 5.74) is 0. The topological polar surface area (TPSA) is 169 Å². The van der Waals surface area contributed by atoms with Gasteiger partial charge in [-0.2, -0.15) is 0 Å². The molecule has 0 heterocycles. The van der Waals surface area contributed by atoms with Crippen molar-refractivity contribution in [3.63, 3.8) is 0 Å². The summed E-state index contributed by atoms with van der Waals surface area (Å²) in [6, 6.07) is 0. The fourth-order valence-corrected chi connectivity index (χ4v) is 5.85. The monoisotopic (exact) mass is 784 g/mol. The molecule has 0 spiro atoms. The Balaban J connectivity index is 4.49. The van der Waals surface area contributed by atoms with Crippen molar-refractivity contribution in [2.75, 3.05) is 26.4 Å². The van der Waals surface area contributed by atoms with E-state index in [1.807, 2.05) is 49.5 Å². The normalized spacial score (nSPS) is 15.3. The number of allylic oxidation sites excluding steroid dienone is 8. The van der Waals surface area contributed by atoms with E-state index in [4.69, 9.17) is 19.1 Å². The minimum Gasteiger partial charge on any atom is -0.462 e. The molecule has 0 aliphatic heterocycles. The number of aliphatic hydroxyl groups is 3. The minimum absolute atomic E-state index is 0.0863. The first kappa shape index (κ1) is 51.6. The van der Waals surface area contributed by atoms with E-state index >= 15 is 0 Å². The molecule has 0 aromatic heterocycles. The summed E-state index contributed by atoms with van der Waals surface area (Å²) in [5.74, 6) is -0.240. The van der Waals surface area contributed by atoms with E-state index < -0.39 is 57.9 Å². The molecule has 4 atom stereocenters. The van der Waals surface area contributed by atoms with Gasteiger partial charge in [0.2, 0.25) is 0 Å². The number of rotatable bonds is 36. The summed E-state index contributed by atoms with van der Waals surface area (Å²) in [4.78, 5) is 34.9. The molecule has 0 aromatic rings. The van der Waals surface area contributed by atoms with Gasteiger partial charge in [-0.05, 0) is 50.9 Å². The van der Waals surface area contributed by atoms with Gasteiger partial charge in [-0.3, -0.25) is 18.6 Å². The zero-order chi connectivity index (χ0) is 40.1. The van der Waals surface area contributed by atoms with Crippen LogP contribution in [0, 0.1) is 5.92 Å². The van der Waals surface area contributed by atoms with E-state index in [0.29, 0.717) is 25.7 Å². The summed E-state index contributed by atoms with van der Waals surface area (Å²) in [6.45, 7) is 4.34. The van der Waals surface area contributed by atoms with Gasteiger partial charge < -0.3 is 29.7 Å². The first-order chi connectivity index (χ1) is 26.0. The Kier molecular flexibility index (Phi) is 34.7. The van der Waals surface area contributed by atoms with Gasteiger partial charge >= 0.3 is 19.8 Å². The van der Waals surface area contributed by atoms with Gasteiger partial charge in [0, 0.05) is 12.8 Å².